The number of fused-ring (bicyclic) bond motifs is 1. The summed E-state index contributed by atoms with van der Waals surface area (Å²) in [5.41, 5.74) is 6.11. The molecule has 1 fully saturated rings. The Morgan fingerprint density at radius 3 is 2.81 bits per heavy atom. The lowest BCUT2D eigenvalue weighted by Crippen LogP contribution is -2.31. The number of rotatable bonds is 2. The summed E-state index contributed by atoms with van der Waals surface area (Å²) < 4.78 is 46.5. The van der Waals surface area contributed by atoms with Gasteiger partial charge in [0.15, 0.2) is 0 Å². The first-order chi connectivity index (χ1) is 9.78. The highest BCUT2D eigenvalue weighted by Gasteiger charge is 2.40. The third-order valence-electron chi connectivity index (χ3n) is 3.82. The first-order valence-electron chi connectivity index (χ1n) is 6.75. The smallest absolute Gasteiger partial charge is 0.399 e. The van der Waals surface area contributed by atoms with Crippen LogP contribution < -0.4 is 5.73 Å². The van der Waals surface area contributed by atoms with E-state index in [2.05, 4.69) is 4.98 Å². The van der Waals surface area contributed by atoms with Crippen molar-refractivity contribution >= 4 is 16.7 Å². The van der Waals surface area contributed by atoms with Crippen molar-refractivity contribution in [3.8, 4) is 0 Å². The Hall–Kier alpha value is -1.76. The number of halogens is 3. The maximum atomic E-state index is 13.2. The largest absolute Gasteiger partial charge is 0.449 e. The van der Waals surface area contributed by atoms with Crippen LogP contribution in [0.15, 0.2) is 18.2 Å². The Kier molecular flexibility index (Phi) is 3.12. The number of anilines is 1. The molecule has 2 heterocycles. The number of ether oxygens (including phenoxy) is 1. The fourth-order valence-electron chi connectivity index (χ4n) is 2.82. The molecule has 0 amide bonds. The van der Waals surface area contributed by atoms with Crippen LogP contribution in [0.3, 0.4) is 0 Å². The molecule has 2 aromatic rings. The second kappa shape index (κ2) is 4.62. The standard InChI is InChI=1S/C14H16F3N3O/c1-13(5-2-6-21-13)8-20-11-4-3-9(18)7-10(11)19-12(20)14(15,16)17/h3-4,7H,2,5-6,8,18H2,1H3. The Balaban J connectivity index is 2.13. The number of alkyl halides is 3. The summed E-state index contributed by atoms with van der Waals surface area (Å²) in [6.07, 6.45) is -2.92. The predicted octanol–water partition coefficient (Wildman–Crippen LogP) is 3.21. The van der Waals surface area contributed by atoms with Gasteiger partial charge in [0.05, 0.1) is 23.2 Å². The van der Waals surface area contributed by atoms with Crippen LogP contribution >= 0.6 is 0 Å². The molecule has 1 aromatic carbocycles. The molecule has 0 aliphatic carbocycles. The lowest BCUT2D eigenvalue weighted by Gasteiger charge is -2.25. The molecule has 114 valence electrons. The molecule has 21 heavy (non-hydrogen) atoms. The highest BCUT2D eigenvalue weighted by atomic mass is 19.4. The van der Waals surface area contributed by atoms with Gasteiger partial charge in [-0.05, 0) is 38.0 Å². The number of imidazole rings is 1. The molecule has 1 saturated heterocycles. The molecular formula is C14H16F3N3O. The van der Waals surface area contributed by atoms with Gasteiger partial charge in [-0.2, -0.15) is 13.2 Å². The van der Waals surface area contributed by atoms with E-state index in [0.717, 1.165) is 12.8 Å². The van der Waals surface area contributed by atoms with Crippen LogP contribution in [0.5, 0.6) is 0 Å². The molecule has 7 heteroatoms. The van der Waals surface area contributed by atoms with Crippen LogP contribution in [0, 0.1) is 0 Å². The number of nitrogens with two attached hydrogens (primary N) is 1. The minimum Gasteiger partial charge on any atom is -0.399 e. The van der Waals surface area contributed by atoms with Gasteiger partial charge in [0.1, 0.15) is 0 Å². The van der Waals surface area contributed by atoms with E-state index >= 15 is 0 Å². The van der Waals surface area contributed by atoms with Crippen LogP contribution in [0.25, 0.3) is 11.0 Å². The molecule has 0 spiro atoms. The molecular weight excluding hydrogens is 283 g/mol. The maximum absolute atomic E-state index is 13.2. The van der Waals surface area contributed by atoms with E-state index < -0.39 is 17.6 Å². The van der Waals surface area contributed by atoms with Crippen molar-refractivity contribution in [3.63, 3.8) is 0 Å². The van der Waals surface area contributed by atoms with Crippen LogP contribution in [-0.2, 0) is 17.5 Å². The second-order valence-corrected chi connectivity index (χ2v) is 5.67. The average molecular weight is 299 g/mol. The van der Waals surface area contributed by atoms with Gasteiger partial charge in [-0.25, -0.2) is 4.98 Å². The maximum Gasteiger partial charge on any atom is 0.449 e. The van der Waals surface area contributed by atoms with Gasteiger partial charge in [0.2, 0.25) is 5.82 Å². The molecule has 1 aromatic heterocycles. The average Bonchev–Trinajstić information content (AvgIpc) is 2.94. The third-order valence-corrected chi connectivity index (χ3v) is 3.82. The first-order valence-corrected chi connectivity index (χ1v) is 6.75. The molecule has 3 rings (SSSR count). The van der Waals surface area contributed by atoms with E-state index in [9.17, 15) is 13.2 Å². The molecule has 4 nitrogen and oxygen atoms in total. The minimum atomic E-state index is -4.51. The van der Waals surface area contributed by atoms with Gasteiger partial charge >= 0.3 is 6.18 Å². The Bertz CT molecular complexity index is 672. The van der Waals surface area contributed by atoms with Gasteiger partial charge in [-0.15, -0.1) is 0 Å². The number of hydrogen-bond acceptors (Lipinski definition) is 3. The normalized spacial score (nSPS) is 23.0. The van der Waals surface area contributed by atoms with E-state index in [1.807, 2.05) is 6.92 Å². The Morgan fingerprint density at radius 2 is 2.19 bits per heavy atom. The molecule has 0 saturated carbocycles. The van der Waals surface area contributed by atoms with Gasteiger partial charge in [-0.1, -0.05) is 0 Å². The van der Waals surface area contributed by atoms with Gasteiger partial charge < -0.3 is 15.0 Å². The number of nitrogens with zero attached hydrogens (tertiary/aromatic N) is 2. The second-order valence-electron chi connectivity index (χ2n) is 5.67. The third kappa shape index (κ3) is 2.57. The summed E-state index contributed by atoms with van der Waals surface area (Å²) in [7, 11) is 0. The zero-order chi connectivity index (χ0) is 15.3. The minimum absolute atomic E-state index is 0.127. The van der Waals surface area contributed by atoms with Gasteiger partial charge in [0, 0.05) is 12.3 Å². The molecule has 1 atom stereocenters. The van der Waals surface area contributed by atoms with E-state index in [4.69, 9.17) is 10.5 Å². The molecule has 0 bridgehead atoms. The fraction of sp³-hybridized carbons (Fsp3) is 0.500. The summed E-state index contributed by atoms with van der Waals surface area (Å²) in [6.45, 7) is 2.54. The fourth-order valence-corrected chi connectivity index (χ4v) is 2.82. The number of benzene rings is 1. The first kappa shape index (κ1) is 14.2. The van der Waals surface area contributed by atoms with Crippen molar-refractivity contribution in [1.29, 1.82) is 0 Å². The lowest BCUT2D eigenvalue weighted by molar-refractivity contribution is -0.148. The Labute approximate surface area is 119 Å². The number of aromatic nitrogens is 2. The molecule has 2 N–H and O–H groups in total. The molecule has 1 unspecified atom stereocenters. The topological polar surface area (TPSA) is 53.1 Å². The lowest BCUT2D eigenvalue weighted by atomic mass is 10.0. The monoisotopic (exact) mass is 299 g/mol. The van der Waals surface area contributed by atoms with Crippen LogP contribution in [-0.4, -0.2) is 21.8 Å². The molecule has 1 aliphatic rings. The van der Waals surface area contributed by atoms with Crippen molar-refractivity contribution < 1.29 is 17.9 Å². The Morgan fingerprint density at radius 1 is 1.43 bits per heavy atom. The van der Waals surface area contributed by atoms with E-state index in [1.165, 1.54) is 10.6 Å². The van der Waals surface area contributed by atoms with Crippen molar-refractivity contribution in [2.24, 2.45) is 0 Å². The van der Waals surface area contributed by atoms with Gasteiger partial charge in [-0.3, -0.25) is 0 Å². The quantitative estimate of drug-likeness (QED) is 0.866. The zero-order valence-electron chi connectivity index (χ0n) is 11.6. The van der Waals surface area contributed by atoms with Crippen molar-refractivity contribution in [1.82, 2.24) is 9.55 Å². The summed E-state index contributed by atoms with van der Waals surface area (Å²) in [6, 6.07) is 4.61. The number of hydrogen-bond donors (Lipinski definition) is 1. The van der Waals surface area contributed by atoms with Gasteiger partial charge in [0.25, 0.3) is 0 Å². The SMILES string of the molecule is CC1(Cn2c(C(F)(F)F)nc3cc(N)ccc32)CCCO1. The molecule has 1 aliphatic heterocycles. The van der Waals surface area contributed by atoms with E-state index in [-0.39, 0.29) is 12.1 Å². The van der Waals surface area contributed by atoms with Crippen molar-refractivity contribution in [2.45, 2.75) is 38.1 Å². The highest BCUT2D eigenvalue weighted by Crippen LogP contribution is 2.35. The van der Waals surface area contributed by atoms with Crippen LogP contribution in [0.1, 0.15) is 25.6 Å². The highest BCUT2D eigenvalue weighted by molar-refractivity contribution is 5.79. The summed E-state index contributed by atoms with van der Waals surface area (Å²) in [5, 5.41) is 0. The van der Waals surface area contributed by atoms with Crippen LogP contribution in [0.4, 0.5) is 18.9 Å². The van der Waals surface area contributed by atoms with E-state index in [1.54, 1.807) is 12.1 Å². The van der Waals surface area contributed by atoms with Crippen LogP contribution in [0.2, 0.25) is 0 Å². The zero-order valence-corrected chi connectivity index (χ0v) is 11.6. The van der Waals surface area contributed by atoms with E-state index in [0.29, 0.717) is 17.8 Å². The summed E-state index contributed by atoms with van der Waals surface area (Å²) >= 11 is 0. The summed E-state index contributed by atoms with van der Waals surface area (Å²) in [5.74, 6) is -0.903. The van der Waals surface area contributed by atoms with Crippen molar-refractivity contribution in [2.75, 3.05) is 12.3 Å². The van der Waals surface area contributed by atoms with Crippen molar-refractivity contribution in [3.05, 3.63) is 24.0 Å². The summed E-state index contributed by atoms with van der Waals surface area (Å²) in [4.78, 5) is 3.72. The predicted molar refractivity (Wildman–Crippen MR) is 72.7 cm³/mol. The number of nitrogen functional groups attached to an aromatic ring is 1. The molecule has 0 radical (unpaired) electrons.